The van der Waals surface area contributed by atoms with Crippen molar-refractivity contribution in [2.45, 2.75) is 46.6 Å². The van der Waals surface area contributed by atoms with E-state index in [9.17, 15) is 19.7 Å². The Kier molecular flexibility index (Phi) is 5.69. The predicted octanol–water partition coefficient (Wildman–Crippen LogP) is 2.82. The number of ether oxygens (including phenoxy) is 1. The first-order valence-corrected chi connectivity index (χ1v) is 9.98. The van der Waals surface area contributed by atoms with Gasteiger partial charge in [-0.1, -0.05) is 25.8 Å². The van der Waals surface area contributed by atoms with E-state index in [-0.39, 0.29) is 12.0 Å². The predicted molar refractivity (Wildman–Crippen MR) is 106 cm³/mol. The lowest BCUT2D eigenvalue weighted by atomic mass is 9.72. The van der Waals surface area contributed by atoms with E-state index in [2.05, 4.69) is 36.2 Å². The molecular weight excluding hydrogens is 398 g/mol. The van der Waals surface area contributed by atoms with Crippen LogP contribution in [0.3, 0.4) is 0 Å². The second kappa shape index (κ2) is 7.90. The summed E-state index contributed by atoms with van der Waals surface area (Å²) >= 11 is 1.39. The van der Waals surface area contributed by atoms with Crippen molar-refractivity contribution >= 4 is 34.2 Å². The molecule has 1 amide bonds. The number of thiophene rings is 1. The van der Waals surface area contributed by atoms with Crippen molar-refractivity contribution in [1.82, 2.24) is 14.8 Å². The number of carbonyl (C=O) groups is 2. The number of aromatic nitrogens is 3. The number of amides is 1. The van der Waals surface area contributed by atoms with Gasteiger partial charge in [-0.15, -0.1) is 11.3 Å². The number of esters is 1. The van der Waals surface area contributed by atoms with E-state index < -0.39 is 22.7 Å². The number of fused-ring (bicyclic) bond motifs is 1. The average molecular weight is 421 g/mol. The third-order valence-electron chi connectivity index (χ3n) is 5.13. The summed E-state index contributed by atoms with van der Waals surface area (Å²) in [6.45, 7) is 6.36. The molecule has 0 fully saturated rings. The number of anilines is 1. The Hall–Kier alpha value is -2.82. The fourth-order valence-corrected chi connectivity index (χ4v) is 4.82. The zero-order valence-corrected chi connectivity index (χ0v) is 17.5. The average Bonchev–Trinajstić information content (AvgIpc) is 3.23. The molecule has 1 N–H and O–H groups in total. The number of nitrogens with one attached hydrogen (secondary N) is 1. The first kappa shape index (κ1) is 20.9. The number of methoxy groups -OCH3 is 1. The number of carbonyl (C=O) groups excluding carboxylic acids is 2. The molecule has 0 aromatic carbocycles. The minimum atomic E-state index is -0.733. The molecule has 1 aliphatic carbocycles. The summed E-state index contributed by atoms with van der Waals surface area (Å²) in [7, 11) is 1.31. The van der Waals surface area contributed by atoms with Crippen LogP contribution in [-0.2, 0) is 28.9 Å². The molecule has 2 aromatic heterocycles. The van der Waals surface area contributed by atoms with Crippen molar-refractivity contribution in [1.29, 1.82) is 0 Å². The van der Waals surface area contributed by atoms with Crippen LogP contribution in [0.25, 0.3) is 0 Å². The van der Waals surface area contributed by atoms with Gasteiger partial charge in [-0.05, 0) is 41.1 Å². The van der Waals surface area contributed by atoms with Gasteiger partial charge in [-0.3, -0.25) is 4.79 Å². The zero-order valence-electron chi connectivity index (χ0n) is 16.7. The summed E-state index contributed by atoms with van der Waals surface area (Å²) in [5.74, 6) is -1.03. The van der Waals surface area contributed by atoms with E-state index in [0.717, 1.165) is 40.7 Å². The molecule has 0 spiro atoms. The largest absolute Gasteiger partial charge is 0.490 e. The van der Waals surface area contributed by atoms with Gasteiger partial charge >= 0.3 is 11.9 Å². The number of nitrogens with zero attached hydrogens (tertiary/aromatic N) is 4. The fraction of sp³-hybridized carbons (Fsp3) is 0.556. The van der Waals surface area contributed by atoms with E-state index in [1.165, 1.54) is 18.4 Å². The Labute approximate surface area is 171 Å². The van der Waals surface area contributed by atoms with E-state index in [0.29, 0.717) is 16.5 Å². The van der Waals surface area contributed by atoms with Crippen LogP contribution >= 0.6 is 11.3 Å². The van der Waals surface area contributed by atoms with Crippen molar-refractivity contribution in [2.24, 2.45) is 11.3 Å². The van der Waals surface area contributed by atoms with Gasteiger partial charge in [0.05, 0.1) is 12.7 Å². The lowest BCUT2D eigenvalue weighted by Crippen LogP contribution is -2.26. The van der Waals surface area contributed by atoms with Gasteiger partial charge in [0.2, 0.25) is 12.2 Å². The van der Waals surface area contributed by atoms with Crippen LogP contribution in [0, 0.1) is 21.4 Å². The monoisotopic (exact) mass is 421 g/mol. The molecule has 0 bridgehead atoms. The Bertz CT molecular complexity index is 958. The first-order chi connectivity index (χ1) is 13.6. The highest BCUT2D eigenvalue weighted by atomic mass is 32.1. The van der Waals surface area contributed by atoms with Crippen LogP contribution in [0.2, 0.25) is 0 Å². The topological polar surface area (TPSA) is 129 Å². The zero-order chi connectivity index (χ0) is 21.3. The van der Waals surface area contributed by atoms with Crippen molar-refractivity contribution in [2.75, 3.05) is 12.4 Å². The molecule has 0 radical (unpaired) electrons. The summed E-state index contributed by atoms with van der Waals surface area (Å²) < 4.78 is 6.02. The third kappa shape index (κ3) is 4.44. The molecule has 2 aromatic rings. The van der Waals surface area contributed by atoms with E-state index in [1.807, 2.05) is 0 Å². The minimum Gasteiger partial charge on any atom is -0.465 e. The summed E-state index contributed by atoms with van der Waals surface area (Å²) in [5, 5.41) is 17.5. The maximum Gasteiger partial charge on any atom is 0.490 e. The van der Waals surface area contributed by atoms with E-state index >= 15 is 0 Å². The Morgan fingerprint density at radius 1 is 1.45 bits per heavy atom. The summed E-state index contributed by atoms with van der Waals surface area (Å²) in [5.41, 5.74) is 1.49. The molecule has 2 heterocycles. The molecule has 0 saturated carbocycles. The van der Waals surface area contributed by atoms with Crippen molar-refractivity contribution in [3.05, 3.63) is 32.4 Å². The SMILES string of the molecule is COC(=O)c1c(NC(=O)Cn2cnc([N+](=O)[O-])n2)sc2c1CC[C@H](C(C)(C)C)C2. The van der Waals surface area contributed by atoms with Gasteiger partial charge in [0.1, 0.15) is 11.5 Å². The molecule has 156 valence electrons. The van der Waals surface area contributed by atoms with Gasteiger partial charge in [0.15, 0.2) is 0 Å². The Morgan fingerprint density at radius 2 is 2.17 bits per heavy atom. The second-order valence-electron chi connectivity index (χ2n) is 8.05. The minimum absolute atomic E-state index is 0.151. The molecule has 0 saturated heterocycles. The molecule has 3 rings (SSSR count). The highest BCUT2D eigenvalue weighted by Gasteiger charge is 2.34. The van der Waals surface area contributed by atoms with E-state index in [1.54, 1.807) is 0 Å². The number of nitro groups is 1. The van der Waals surface area contributed by atoms with Gasteiger partial charge in [-0.25, -0.2) is 4.79 Å². The highest BCUT2D eigenvalue weighted by molar-refractivity contribution is 7.17. The molecule has 11 heteroatoms. The van der Waals surface area contributed by atoms with Gasteiger partial charge < -0.3 is 20.2 Å². The number of hydrogen-bond acceptors (Lipinski definition) is 8. The van der Waals surface area contributed by atoms with Crippen LogP contribution in [0.1, 0.15) is 48.0 Å². The molecule has 29 heavy (non-hydrogen) atoms. The standard InChI is InChI=1S/C18H23N5O5S/c1-18(2,3)10-5-6-11-12(7-10)29-15(14(11)16(25)28-4)20-13(24)8-22-9-19-17(21-22)23(26)27/h9-10H,5-8H2,1-4H3,(H,20,24)/t10-/m0/s1. The quantitative estimate of drug-likeness (QED) is 0.446. The molecule has 10 nitrogen and oxygen atoms in total. The first-order valence-electron chi connectivity index (χ1n) is 9.16. The number of rotatable bonds is 5. The lowest BCUT2D eigenvalue weighted by molar-refractivity contribution is -0.394. The van der Waals surface area contributed by atoms with Crippen LogP contribution in [-0.4, -0.2) is 38.7 Å². The molecule has 0 aliphatic heterocycles. The normalized spacial score (nSPS) is 16.2. The maximum atomic E-state index is 12.4. The summed E-state index contributed by atoms with van der Waals surface area (Å²) in [4.78, 5) is 39.4. The van der Waals surface area contributed by atoms with E-state index in [4.69, 9.17) is 4.74 Å². The molecule has 0 unspecified atom stereocenters. The fourth-order valence-electron chi connectivity index (χ4n) is 3.49. The molecule has 1 atom stereocenters. The van der Waals surface area contributed by atoms with Crippen molar-refractivity contribution < 1.29 is 19.2 Å². The molecular formula is C18H23N5O5S. The van der Waals surface area contributed by atoms with Crippen LogP contribution in [0.4, 0.5) is 10.9 Å². The highest BCUT2D eigenvalue weighted by Crippen LogP contribution is 2.44. The summed E-state index contributed by atoms with van der Waals surface area (Å²) in [6, 6.07) is 0. The lowest BCUT2D eigenvalue weighted by Gasteiger charge is -2.33. The second-order valence-corrected chi connectivity index (χ2v) is 9.16. The van der Waals surface area contributed by atoms with Crippen LogP contribution in [0.5, 0.6) is 0 Å². The smallest absolute Gasteiger partial charge is 0.465 e. The van der Waals surface area contributed by atoms with Crippen LogP contribution in [0.15, 0.2) is 6.33 Å². The van der Waals surface area contributed by atoms with Crippen molar-refractivity contribution in [3.8, 4) is 0 Å². The Balaban J connectivity index is 1.82. The Morgan fingerprint density at radius 3 is 2.76 bits per heavy atom. The summed E-state index contributed by atoms with van der Waals surface area (Å²) in [6.07, 6.45) is 3.68. The van der Waals surface area contributed by atoms with Crippen LogP contribution < -0.4 is 5.32 Å². The maximum absolute atomic E-state index is 12.4. The van der Waals surface area contributed by atoms with Gasteiger partial charge in [0.25, 0.3) is 0 Å². The third-order valence-corrected chi connectivity index (χ3v) is 6.30. The van der Waals surface area contributed by atoms with Crippen molar-refractivity contribution in [3.63, 3.8) is 0 Å². The van der Waals surface area contributed by atoms with Gasteiger partial charge in [-0.2, -0.15) is 4.68 Å². The molecule has 1 aliphatic rings. The van der Waals surface area contributed by atoms with Gasteiger partial charge in [0, 0.05) is 9.98 Å². The number of hydrogen-bond donors (Lipinski definition) is 1.